The largest absolute Gasteiger partial charge is 0.378 e. The maximum atomic E-state index is 12.0. The monoisotopic (exact) mass is 1730 g/mol. The van der Waals surface area contributed by atoms with Crippen LogP contribution in [0.2, 0.25) is 45.2 Å². The Morgan fingerprint density at radius 3 is 0.788 bits per heavy atom. The Kier molecular flexibility index (Phi) is 38.3. The van der Waals surface area contributed by atoms with Gasteiger partial charge >= 0.3 is 47.3 Å². The smallest absolute Gasteiger partial charge is 0.313 e. The second-order valence-electron chi connectivity index (χ2n) is 26.9. The number of hydrogen-bond donors (Lipinski definition) is 8. The van der Waals surface area contributed by atoms with Crippen LogP contribution in [0.4, 0.5) is 34.1 Å². The number of rotatable bonds is 10. The molecule has 6 saturated heterocycles. The van der Waals surface area contributed by atoms with E-state index in [-0.39, 0.29) is 11.8 Å². The van der Waals surface area contributed by atoms with Crippen molar-refractivity contribution in [3.63, 3.8) is 0 Å². The number of aryl methyl sites for hydroxylation is 3. The van der Waals surface area contributed by atoms with Gasteiger partial charge in [0.25, 0.3) is 0 Å². The Bertz CT molecular complexity index is 4100. The second-order valence-corrected chi connectivity index (χ2v) is 30.5. The van der Waals surface area contributed by atoms with E-state index in [9.17, 15) is 47.9 Å². The summed E-state index contributed by atoms with van der Waals surface area (Å²) >= 11 is 53.9. The van der Waals surface area contributed by atoms with Crippen LogP contribution in [0, 0.1) is 41.5 Å². The number of hydrogen-bond acceptors (Lipinski definition) is 16. The summed E-state index contributed by atoms with van der Waals surface area (Å²) in [5.41, 5.74) is 8.44. The van der Waals surface area contributed by atoms with Crippen LogP contribution in [-0.2, 0) is 57.4 Å². The van der Waals surface area contributed by atoms with Crippen LogP contribution >= 0.6 is 104 Å². The molecule has 6 fully saturated rings. The Morgan fingerprint density at radius 2 is 0.522 bits per heavy atom. The number of carbonyl (C=O) groups excluding carboxylic acids is 10. The number of nitrogens with zero attached hydrogens (tertiary/aromatic N) is 6. The lowest BCUT2D eigenvalue weighted by Crippen LogP contribution is -2.49. The first-order chi connectivity index (χ1) is 53.8. The van der Waals surface area contributed by atoms with Gasteiger partial charge in [-0.15, -0.1) is 0 Å². The third-order valence-corrected chi connectivity index (χ3v) is 21.8. The minimum Gasteiger partial charge on any atom is -0.378 e. The normalized spacial score (nSPS) is 15.4. The number of morpholine rings is 2. The molecular weight excluding hydrogens is 1640 g/mol. The summed E-state index contributed by atoms with van der Waals surface area (Å²) in [5.74, 6) is -4.81. The average molecular weight is 1740 g/mol. The molecule has 0 spiro atoms. The summed E-state index contributed by atoms with van der Waals surface area (Å²) < 4.78 is 10.3. The van der Waals surface area contributed by atoms with E-state index in [4.69, 9.17) is 114 Å². The SMILES string of the molecule is Cc1c(Cl)cc(NC(=O)C(=O)N2CCNCC2)cc1Cl.Cc1c(Cl)cc(NC(=O)C(=O)N2CCOCC2)cc1Cl.Cc1c(Cl)cc(NC(=O)CN2CCCC2)cc1Cl.Cc1ccc(NC(=O)C(=O)N2CCNCC2)cc1Cl.Cc1ccc(NC(=O)C(=O)N2CCOCC2)cc1Cl.Cc1ccc(NC(=O)CN2CCCC2)cc1Cl. The highest BCUT2D eigenvalue weighted by molar-refractivity contribution is 6.43. The van der Waals surface area contributed by atoms with Gasteiger partial charge in [0.05, 0.1) is 39.5 Å². The molecule has 0 atom stereocenters. The van der Waals surface area contributed by atoms with E-state index >= 15 is 0 Å². The van der Waals surface area contributed by atoms with Crippen molar-refractivity contribution >= 4 is 198 Å². The molecule has 26 nitrogen and oxygen atoms in total. The van der Waals surface area contributed by atoms with E-state index in [0.29, 0.717) is 179 Å². The third kappa shape index (κ3) is 30.5. The first-order valence-electron chi connectivity index (χ1n) is 36.5. The summed E-state index contributed by atoms with van der Waals surface area (Å²) in [5, 5.41) is 26.8. The number of piperazine rings is 2. The molecule has 8 N–H and O–H groups in total. The van der Waals surface area contributed by atoms with Crippen molar-refractivity contribution in [2.45, 2.75) is 67.2 Å². The number of anilines is 6. The number of carbonyl (C=O) groups is 10. The zero-order chi connectivity index (χ0) is 82.4. The maximum Gasteiger partial charge on any atom is 0.313 e. The molecule has 35 heteroatoms. The van der Waals surface area contributed by atoms with Crippen LogP contribution in [-0.4, -0.2) is 233 Å². The van der Waals surface area contributed by atoms with Crippen LogP contribution in [0.1, 0.15) is 59.1 Å². The predicted octanol–water partition coefficient (Wildman–Crippen LogP) is 12.3. The minimum absolute atomic E-state index is 0.0205. The lowest BCUT2D eigenvalue weighted by molar-refractivity contribution is -0.145. The topological polar surface area (TPSA) is 305 Å². The highest BCUT2D eigenvalue weighted by Crippen LogP contribution is 2.32. The van der Waals surface area contributed by atoms with Gasteiger partial charge in [-0.3, -0.25) is 57.7 Å². The molecule has 0 aliphatic carbocycles. The van der Waals surface area contributed by atoms with Crippen molar-refractivity contribution in [1.29, 1.82) is 0 Å². The van der Waals surface area contributed by atoms with E-state index in [1.807, 2.05) is 39.8 Å². The molecule has 10 amide bonds. The first-order valence-corrected chi connectivity index (χ1v) is 39.9. The molecule has 6 aliphatic rings. The lowest BCUT2D eigenvalue weighted by atomic mass is 10.2. The summed E-state index contributed by atoms with van der Waals surface area (Å²) in [6.07, 6.45) is 4.75. The quantitative estimate of drug-likeness (QED) is 0.0591. The Hall–Kier alpha value is -7.61. The zero-order valence-electron chi connectivity index (χ0n) is 63.5. The van der Waals surface area contributed by atoms with Crippen LogP contribution in [0.25, 0.3) is 0 Å². The van der Waals surface area contributed by atoms with Gasteiger partial charge in [0.1, 0.15) is 0 Å². The van der Waals surface area contributed by atoms with E-state index in [1.165, 1.54) is 40.4 Å². The number of likely N-dealkylation sites (tertiary alicyclic amines) is 2. The van der Waals surface area contributed by atoms with Gasteiger partial charge in [-0.25, -0.2) is 0 Å². The molecule has 0 bridgehead atoms. The van der Waals surface area contributed by atoms with E-state index < -0.39 is 47.3 Å². The fourth-order valence-electron chi connectivity index (χ4n) is 11.4. The molecule has 0 aromatic heterocycles. The van der Waals surface area contributed by atoms with Gasteiger partial charge in [0.15, 0.2) is 0 Å². The fourth-order valence-corrected chi connectivity index (χ4v) is 13.4. The van der Waals surface area contributed by atoms with Gasteiger partial charge < -0.3 is 71.6 Å². The van der Waals surface area contributed by atoms with Crippen LogP contribution < -0.4 is 42.5 Å². The van der Waals surface area contributed by atoms with Crippen molar-refractivity contribution < 1.29 is 57.4 Å². The standard InChI is InChI=1S/C13H15Cl2N3O2.C13H14Cl2N2O3.C13H16Cl2N2O.C13H16ClN3O2.C13H15ClN2O3.C13H17ClN2O/c1-8-10(14)6-9(7-11(8)15)17-12(19)13(20)18-4-2-16-3-5-18;1-8-10(14)6-9(7-11(8)15)16-12(18)13(19)17-2-4-20-5-3-17;1-9-11(14)6-10(7-12(9)15)16-13(18)8-17-4-2-3-5-17;1-9-2-3-10(8-11(9)14)16-12(18)13(19)17-6-4-15-5-7-17;1-9-2-3-10(8-11(9)14)15-12(17)13(18)16-4-6-19-7-5-16;1-10-4-5-11(8-12(10)14)15-13(17)9-16-6-2-3-7-16/h6-7,16H,2-5H2,1H3,(H,17,19);6-7H,2-5H2,1H3,(H,16,18);6-7H,2-5,8H2,1H3,(H,16,18);2-3,8,15H,4-7H2,1H3,(H,16,18);2-3,8H,4-7H2,1H3,(H,15,17);4-5,8H,2-3,6-7,9H2,1H3,(H,15,17). The number of amides is 10. The summed E-state index contributed by atoms with van der Waals surface area (Å²) in [7, 11) is 0. The summed E-state index contributed by atoms with van der Waals surface area (Å²) in [6, 6.07) is 25.6. The Balaban J connectivity index is 0.000000188. The van der Waals surface area contributed by atoms with Crippen molar-refractivity contribution in [2.24, 2.45) is 0 Å². The molecular formula is C78H93Cl9N14O12. The van der Waals surface area contributed by atoms with Gasteiger partial charge in [0, 0.05) is 158 Å². The molecule has 610 valence electrons. The fraction of sp³-hybridized carbons (Fsp3) is 0.410. The number of ether oxygens (including phenoxy) is 2. The third-order valence-electron chi connectivity index (χ3n) is 18.3. The van der Waals surface area contributed by atoms with Crippen LogP contribution in [0.5, 0.6) is 0 Å². The van der Waals surface area contributed by atoms with Gasteiger partial charge in [-0.05, 0) is 200 Å². The molecule has 6 aromatic carbocycles. The van der Waals surface area contributed by atoms with Gasteiger partial charge in [0.2, 0.25) is 11.8 Å². The minimum atomic E-state index is -0.706. The molecule has 0 unspecified atom stereocenters. The number of benzene rings is 6. The Labute approximate surface area is 703 Å². The van der Waals surface area contributed by atoms with E-state index in [0.717, 1.165) is 78.3 Å². The van der Waals surface area contributed by atoms with Gasteiger partial charge in [-0.1, -0.05) is 123 Å². The molecule has 6 heterocycles. The number of nitrogens with one attached hydrogen (secondary N) is 8. The van der Waals surface area contributed by atoms with Crippen molar-refractivity contribution in [1.82, 2.24) is 40.0 Å². The number of halogens is 9. The van der Waals surface area contributed by atoms with Crippen LogP contribution in [0.3, 0.4) is 0 Å². The molecule has 113 heavy (non-hydrogen) atoms. The lowest BCUT2D eigenvalue weighted by Gasteiger charge is -2.26. The summed E-state index contributed by atoms with van der Waals surface area (Å²) in [6.45, 7) is 24.6. The van der Waals surface area contributed by atoms with Crippen LogP contribution in [0.15, 0.2) is 91.0 Å². The van der Waals surface area contributed by atoms with E-state index in [2.05, 4.69) is 52.3 Å². The maximum absolute atomic E-state index is 12.0. The highest BCUT2D eigenvalue weighted by Gasteiger charge is 2.28. The molecule has 6 aliphatic heterocycles. The average Bonchev–Trinajstić information content (AvgIpc) is 1.05. The van der Waals surface area contributed by atoms with E-state index in [1.54, 1.807) is 97.6 Å². The molecule has 12 rings (SSSR count). The first kappa shape index (κ1) is 92.6. The van der Waals surface area contributed by atoms with Gasteiger partial charge in [-0.2, -0.15) is 0 Å². The summed E-state index contributed by atoms with van der Waals surface area (Å²) in [4.78, 5) is 129. The van der Waals surface area contributed by atoms with Crippen molar-refractivity contribution in [3.8, 4) is 0 Å². The molecule has 0 radical (unpaired) electrons. The zero-order valence-corrected chi connectivity index (χ0v) is 70.3. The van der Waals surface area contributed by atoms with Crippen molar-refractivity contribution in [2.75, 3.05) is 176 Å². The molecule has 6 aromatic rings. The highest BCUT2D eigenvalue weighted by atomic mass is 35.5. The Morgan fingerprint density at radius 1 is 0.301 bits per heavy atom. The molecule has 0 saturated carbocycles. The second kappa shape index (κ2) is 46.8. The predicted molar refractivity (Wildman–Crippen MR) is 449 cm³/mol. The van der Waals surface area contributed by atoms with Crippen molar-refractivity contribution in [3.05, 3.63) is 170 Å².